The summed E-state index contributed by atoms with van der Waals surface area (Å²) >= 11 is 0. The topological polar surface area (TPSA) is 52.7 Å². The number of carbonyl (C=O) groups excluding carboxylic acids is 2. The zero-order valence-electron chi connectivity index (χ0n) is 23.1. The van der Waals surface area contributed by atoms with Crippen molar-refractivity contribution >= 4 is 11.8 Å². The number of amides is 2. The average molecular weight is 502 g/mol. The van der Waals surface area contributed by atoms with Crippen molar-refractivity contribution in [2.75, 3.05) is 32.7 Å². The molecule has 1 aliphatic carbocycles. The lowest BCUT2D eigenvalue weighted by molar-refractivity contribution is -0.125. The number of likely N-dealkylation sites (tertiary alicyclic amines) is 2. The first-order valence-electron chi connectivity index (χ1n) is 14.1. The summed E-state index contributed by atoms with van der Waals surface area (Å²) in [5, 5.41) is 3.40. The number of hydrogen-bond acceptors (Lipinski definition) is 3. The second-order valence-corrected chi connectivity index (χ2v) is 12.5. The highest BCUT2D eigenvalue weighted by molar-refractivity contribution is 5.97. The second kappa shape index (κ2) is 10.2. The molecule has 2 aromatic carbocycles. The van der Waals surface area contributed by atoms with Gasteiger partial charge in [-0.05, 0) is 49.8 Å². The number of rotatable bonds is 7. The Morgan fingerprint density at radius 1 is 0.892 bits per heavy atom. The van der Waals surface area contributed by atoms with Crippen LogP contribution in [0.4, 0.5) is 0 Å². The SMILES string of the molecule is Cc1cccc(C)c1C(=O)N1CC2(C)CN(CCC(NC(=O)C3CCCC3)c3ccccc3)CC2(C)C1. The van der Waals surface area contributed by atoms with E-state index < -0.39 is 0 Å². The molecule has 198 valence electrons. The quantitative estimate of drug-likeness (QED) is 0.543. The van der Waals surface area contributed by atoms with E-state index in [1.807, 2.05) is 38.1 Å². The molecule has 5 rings (SSSR count). The van der Waals surface area contributed by atoms with E-state index in [0.717, 1.165) is 68.7 Å². The fraction of sp³-hybridized carbons (Fsp3) is 0.562. The van der Waals surface area contributed by atoms with Crippen molar-refractivity contribution in [3.05, 3.63) is 70.8 Å². The number of fused-ring (bicyclic) bond motifs is 1. The van der Waals surface area contributed by atoms with Crippen LogP contribution in [0.25, 0.3) is 0 Å². The fourth-order valence-electron chi connectivity index (χ4n) is 7.21. The molecular formula is C32H43N3O2. The number of nitrogens with one attached hydrogen (secondary N) is 1. The maximum atomic E-state index is 13.5. The van der Waals surface area contributed by atoms with Gasteiger partial charge in [0.1, 0.15) is 0 Å². The normalized spacial score (nSPS) is 26.9. The van der Waals surface area contributed by atoms with Gasteiger partial charge in [-0.15, -0.1) is 0 Å². The summed E-state index contributed by atoms with van der Waals surface area (Å²) in [5.41, 5.74) is 4.31. The molecule has 3 unspecified atom stereocenters. The molecule has 1 N–H and O–H groups in total. The molecule has 2 saturated heterocycles. The maximum absolute atomic E-state index is 13.5. The predicted molar refractivity (Wildman–Crippen MR) is 148 cm³/mol. The minimum Gasteiger partial charge on any atom is -0.349 e. The van der Waals surface area contributed by atoms with Crippen molar-refractivity contribution in [3.63, 3.8) is 0 Å². The predicted octanol–water partition coefficient (Wildman–Crippen LogP) is 5.53. The molecule has 3 aliphatic rings. The molecule has 3 fully saturated rings. The highest BCUT2D eigenvalue weighted by Gasteiger charge is 2.58. The molecule has 3 atom stereocenters. The van der Waals surface area contributed by atoms with E-state index in [1.54, 1.807) is 0 Å². The summed E-state index contributed by atoms with van der Waals surface area (Å²) in [6.45, 7) is 13.3. The Morgan fingerprint density at radius 3 is 2.08 bits per heavy atom. The highest BCUT2D eigenvalue weighted by atomic mass is 16.2. The second-order valence-electron chi connectivity index (χ2n) is 12.5. The van der Waals surface area contributed by atoms with E-state index >= 15 is 0 Å². The van der Waals surface area contributed by atoms with Crippen molar-refractivity contribution in [2.24, 2.45) is 16.7 Å². The van der Waals surface area contributed by atoms with Gasteiger partial charge in [0.05, 0.1) is 6.04 Å². The standard InChI is InChI=1S/C32H43N3O2/c1-23-11-10-12-24(2)28(23)30(37)35-21-31(3)19-34(20-32(31,4)22-35)18-17-27(25-13-6-5-7-14-25)33-29(36)26-15-8-9-16-26/h5-7,10-14,26-27H,8-9,15-22H2,1-4H3,(H,33,36). The molecule has 2 heterocycles. The zero-order valence-corrected chi connectivity index (χ0v) is 23.1. The van der Waals surface area contributed by atoms with E-state index in [1.165, 1.54) is 18.4 Å². The summed E-state index contributed by atoms with van der Waals surface area (Å²) in [5.74, 6) is 0.581. The molecule has 5 nitrogen and oxygen atoms in total. The minimum atomic E-state index is 0.0393. The van der Waals surface area contributed by atoms with Gasteiger partial charge in [-0.1, -0.05) is 75.2 Å². The lowest BCUT2D eigenvalue weighted by Gasteiger charge is -2.30. The Bertz CT molecular complexity index is 1100. The van der Waals surface area contributed by atoms with E-state index in [-0.39, 0.29) is 34.6 Å². The van der Waals surface area contributed by atoms with Gasteiger partial charge in [-0.25, -0.2) is 0 Å². The number of carbonyl (C=O) groups is 2. The van der Waals surface area contributed by atoms with E-state index in [9.17, 15) is 9.59 Å². The van der Waals surface area contributed by atoms with Gasteiger partial charge in [-0.2, -0.15) is 0 Å². The van der Waals surface area contributed by atoms with Crippen LogP contribution in [-0.2, 0) is 4.79 Å². The lowest BCUT2D eigenvalue weighted by atomic mass is 9.71. The third-order valence-corrected chi connectivity index (χ3v) is 9.64. The molecule has 37 heavy (non-hydrogen) atoms. The Balaban J connectivity index is 1.24. The molecule has 0 aromatic heterocycles. The minimum absolute atomic E-state index is 0.0393. The van der Waals surface area contributed by atoms with Crippen LogP contribution in [0.2, 0.25) is 0 Å². The van der Waals surface area contributed by atoms with Crippen LogP contribution in [0.15, 0.2) is 48.5 Å². The molecule has 2 aromatic rings. The maximum Gasteiger partial charge on any atom is 0.254 e. The first kappa shape index (κ1) is 26.0. The van der Waals surface area contributed by atoms with Gasteiger partial charge >= 0.3 is 0 Å². The smallest absolute Gasteiger partial charge is 0.254 e. The molecule has 0 radical (unpaired) electrons. The van der Waals surface area contributed by atoms with Crippen molar-refractivity contribution in [1.29, 1.82) is 0 Å². The Kier molecular flexibility index (Phi) is 7.19. The first-order chi connectivity index (χ1) is 17.7. The molecular weight excluding hydrogens is 458 g/mol. The van der Waals surface area contributed by atoms with Crippen LogP contribution < -0.4 is 5.32 Å². The summed E-state index contributed by atoms with van der Waals surface area (Å²) in [4.78, 5) is 31.2. The number of benzene rings is 2. The van der Waals surface area contributed by atoms with Gasteiger partial charge in [0.2, 0.25) is 5.91 Å². The van der Waals surface area contributed by atoms with Gasteiger partial charge in [0.15, 0.2) is 0 Å². The summed E-state index contributed by atoms with van der Waals surface area (Å²) in [6.07, 6.45) is 5.28. The average Bonchev–Trinajstić information content (AvgIpc) is 3.54. The monoisotopic (exact) mass is 501 g/mol. The van der Waals surface area contributed by atoms with Crippen molar-refractivity contribution in [1.82, 2.24) is 15.1 Å². The Hall–Kier alpha value is -2.66. The summed E-state index contributed by atoms with van der Waals surface area (Å²) in [6, 6.07) is 16.6. The van der Waals surface area contributed by atoms with Crippen LogP contribution in [0.5, 0.6) is 0 Å². The van der Waals surface area contributed by atoms with Gasteiger partial charge in [-0.3, -0.25) is 9.59 Å². The molecule has 1 saturated carbocycles. The summed E-state index contributed by atoms with van der Waals surface area (Å²) in [7, 11) is 0. The van der Waals surface area contributed by atoms with Gasteiger partial charge in [0, 0.05) is 55.0 Å². The van der Waals surface area contributed by atoms with Gasteiger partial charge < -0.3 is 15.1 Å². The Morgan fingerprint density at radius 2 is 1.49 bits per heavy atom. The summed E-state index contributed by atoms with van der Waals surface area (Å²) < 4.78 is 0. The fourth-order valence-corrected chi connectivity index (χ4v) is 7.21. The van der Waals surface area contributed by atoms with Crippen LogP contribution >= 0.6 is 0 Å². The number of nitrogens with zero attached hydrogens (tertiary/aromatic N) is 2. The van der Waals surface area contributed by atoms with E-state index in [4.69, 9.17) is 0 Å². The van der Waals surface area contributed by atoms with E-state index in [2.05, 4.69) is 53.2 Å². The lowest BCUT2D eigenvalue weighted by Crippen LogP contribution is -2.38. The number of hydrogen-bond donors (Lipinski definition) is 1. The molecule has 5 heteroatoms. The van der Waals surface area contributed by atoms with Gasteiger partial charge in [0.25, 0.3) is 5.91 Å². The van der Waals surface area contributed by atoms with Crippen molar-refractivity contribution in [2.45, 2.75) is 65.8 Å². The first-order valence-corrected chi connectivity index (χ1v) is 14.1. The van der Waals surface area contributed by atoms with Crippen molar-refractivity contribution in [3.8, 4) is 0 Å². The Labute approximate surface area is 222 Å². The highest BCUT2D eigenvalue weighted by Crippen LogP contribution is 2.52. The van der Waals surface area contributed by atoms with E-state index in [0.29, 0.717) is 0 Å². The van der Waals surface area contributed by atoms with Crippen molar-refractivity contribution < 1.29 is 9.59 Å². The van der Waals surface area contributed by atoms with Crippen LogP contribution in [0.1, 0.15) is 79.0 Å². The van der Waals surface area contributed by atoms with Crippen LogP contribution in [0.3, 0.4) is 0 Å². The molecule has 2 aliphatic heterocycles. The van der Waals surface area contributed by atoms with Crippen LogP contribution in [-0.4, -0.2) is 54.3 Å². The number of aryl methyl sites for hydroxylation is 2. The third kappa shape index (κ3) is 5.07. The largest absolute Gasteiger partial charge is 0.349 e. The molecule has 2 amide bonds. The zero-order chi connectivity index (χ0) is 26.2. The third-order valence-electron chi connectivity index (χ3n) is 9.64. The molecule has 0 spiro atoms. The van der Waals surface area contributed by atoms with Crippen LogP contribution in [0, 0.1) is 30.6 Å². The molecule has 0 bridgehead atoms.